The van der Waals surface area contributed by atoms with Crippen molar-refractivity contribution in [3.8, 4) is 0 Å². The average molecular weight is 252 g/mol. The Morgan fingerprint density at radius 1 is 1.44 bits per heavy atom. The number of nitrogen functional groups attached to an aromatic ring is 1. The first-order chi connectivity index (χ1) is 8.67. The average Bonchev–Trinajstić information content (AvgIpc) is 2.43. The molecule has 0 atom stereocenters. The van der Waals surface area contributed by atoms with E-state index in [4.69, 9.17) is 5.84 Å². The van der Waals surface area contributed by atoms with Crippen LogP contribution in [0.3, 0.4) is 0 Å². The summed E-state index contributed by atoms with van der Waals surface area (Å²) in [6.07, 6.45) is 2.18. The van der Waals surface area contributed by atoms with E-state index in [2.05, 4.69) is 20.7 Å². The maximum absolute atomic E-state index is 11.5. The van der Waals surface area contributed by atoms with Gasteiger partial charge in [0.15, 0.2) is 0 Å². The summed E-state index contributed by atoms with van der Waals surface area (Å²) in [5, 5.41) is 2.60. The first-order valence-electron chi connectivity index (χ1n) is 5.93. The monoisotopic (exact) mass is 252 g/mol. The first kappa shape index (κ1) is 14.2. The van der Waals surface area contributed by atoms with Crippen molar-refractivity contribution in [1.82, 2.24) is 15.3 Å². The van der Waals surface area contributed by atoms with Crippen molar-refractivity contribution in [1.29, 1.82) is 0 Å². The van der Waals surface area contributed by atoms with Gasteiger partial charge in [-0.1, -0.05) is 6.92 Å². The molecule has 1 aromatic rings. The van der Waals surface area contributed by atoms with E-state index in [0.29, 0.717) is 12.4 Å². The minimum absolute atomic E-state index is 0.0558. The van der Waals surface area contributed by atoms with Gasteiger partial charge in [0.05, 0.1) is 6.54 Å². The lowest BCUT2D eigenvalue weighted by Gasteiger charge is -2.24. The summed E-state index contributed by atoms with van der Waals surface area (Å²) in [6.45, 7) is 4.92. The van der Waals surface area contributed by atoms with Crippen LogP contribution in [0.15, 0.2) is 6.33 Å². The summed E-state index contributed by atoms with van der Waals surface area (Å²) in [7, 11) is 1.61. The molecule has 0 unspecified atom stereocenters. The Kier molecular flexibility index (Phi) is 5.31. The number of nitrogens with two attached hydrogens (primary N) is 1. The molecule has 0 saturated heterocycles. The summed E-state index contributed by atoms with van der Waals surface area (Å²) in [4.78, 5) is 21.7. The van der Waals surface area contributed by atoms with Crippen molar-refractivity contribution < 1.29 is 4.79 Å². The molecule has 7 nitrogen and oxygen atoms in total. The minimum atomic E-state index is -0.0558. The van der Waals surface area contributed by atoms with Gasteiger partial charge in [0.25, 0.3) is 0 Å². The number of nitrogens with zero attached hydrogens (tertiary/aromatic N) is 3. The fourth-order valence-corrected chi connectivity index (χ4v) is 1.71. The van der Waals surface area contributed by atoms with Gasteiger partial charge in [-0.2, -0.15) is 0 Å². The van der Waals surface area contributed by atoms with Crippen molar-refractivity contribution in [3.05, 3.63) is 11.9 Å². The lowest BCUT2D eigenvalue weighted by atomic mass is 10.2. The van der Waals surface area contributed by atoms with Crippen LogP contribution in [0.4, 0.5) is 11.6 Å². The fourth-order valence-electron chi connectivity index (χ4n) is 1.71. The Bertz CT molecular complexity index is 409. The molecule has 1 rings (SSSR count). The van der Waals surface area contributed by atoms with Crippen molar-refractivity contribution >= 4 is 17.5 Å². The minimum Gasteiger partial charge on any atom is -0.358 e. The van der Waals surface area contributed by atoms with Crippen LogP contribution >= 0.6 is 0 Å². The topological polar surface area (TPSA) is 96.2 Å². The molecule has 0 fully saturated rings. The van der Waals surface area contributed by atoms with Gasteiger partial charge < -0.3 is 15.6 Å². The molecule has 0 aliphatic heterocycles. The van der Waals surface area contributed by atoms with Gasteiger partial charge in [-0.15, -0.1) is 0 Å². The smallest absolute Gasteiger partial charge is 0.239 e. The molecular formula is C11H20N6O. The standard InChI is InChI=1S/C11H20N6O/c1-4-8-10(16-12)14-7-15-11(8)17(5-2)6-9(18)13-3/h7H,4-6,12H2,1-3H3,(H,13,18)(H,14,15,16). The zero-order chi connectivity index (χ0) is 13.5. The van der Waals surface area contributed by atoms with Gasteiger partial charge in [0.1, 0.15) is 18.0 Å². The van der Waals surface area contributed by atoms with Crippen LogP contribution in [0.25, 0.3) is 0 Å². The van der Waals surface area contributed by atoms with Gasteiger partial charge in [-0.05, 0) is 13.3 Å². The van der Waals surface area contributed by atoms with Gasteiger partial charge >= 0.3 is 0 Å². The highest BCUT2D eigenvalue weighted by Crippen LogP contribution is 2.22. The third-order valence-electron chi connectivity index (χ3n) is 2.71. The van der Waals surface area contributed by atoms with Crippen LogP contribution in [0, 0.1) is 0 Å². The summed E-state index contributed by atoms with van der Waals surface area (Å²) < 4.78 is 0. The normalized spacial score (nSPS) is 10.0. The molecule has 4 N–H and O–H groups in total. The molecule has 0 spiro atoms. The van der Waals surface area contributed by atoms with Gasteiger partial charge in [-0.3, -0.25) is 4.79 Å². The Labute approximate surface area is 107 Å². The molecule has 0 aliphatic rings. The van der Waals surface area contributed by atoms with E-state index in [1.54, 1.807) is 7.05 Å². The maximum Gasteiger partial charge on any atom is 0.239 e. The number of rotatable bonds is 6. The zero-order valence-electron chi connectivity index (χ0n) is 11.0. The second-order valence-corrected chi connectivity index (χ2v) is 3.71. The molecule has 1 aromatic heterocycles. The molecule has 18 heavy (non-hydrogen) atoms. The first-order valence-corrected chi connectivity index (χ1v) is 5.93. The largest absolute Gasteiger partial charge is 0.358 e. The van der Waals surface area contributed by atoms with E-state index in [9.17, 15) is 4.79 Å². The highest BCUT2D eigenvalue weighted by molar-refractivity contribution is 5.81. The van der Waals surface area contributed by atoms with E-state index in [-0.39, 0.29) is 12.5 Å². The lowest BCUT2D eigenvalue weighted by Crippen LogP contribution is -2.36. The number of hydrogen-bond acceptors (Lipinski definition) is 6. The SMILES string of the molecule is CCc1c(NN)ncnc1N(CC)CC(=O)NC. The summed E-state index contributed by atoms with van der Waals surface area (Å²) in [6, 6.07) is 0. The lowest BCUT2D eigenvalue weighted by molar-refractivity contribution is -0.119. The number of likely N-dealkylation sites (N-methyl/N-ethyl adjacent to an activating group) is 2. The Balaban J connectivity index is 3.08. The van der Waals surface area contributed by atoms with E-state index in [1.807, 2.05) is 18.7 Å². The molecule has 0 saturated carbocycles. The summed E-state index contributed by atoms with van der Waals surface area (Å²) in [5.74, 6) is 6.71. The van der Waals surface area contributed by atoms with Crippen LogP contribution < -0.4 is 21.5 Å². The molecule has 100 valence electrons. The Hall–Kier alpha value is -1.89. The van der Waals surface area contributed by atoms with E-state index < -0.39 is 0 Å². The second kappa shape index (κ2) is 6.75. The van der Waals surface area contributed by atoms with E-state index in [1.165, 1.54) is 6.33 Å². The molecular weight excluding hydrogens is 232 g/mol. The third-order valence-corrected chi connectivity index (χ3v) is 2.71. The zero-order valence-corrected chi connectivity index (χ0v) is 11.0. The third kappa shape index (κ3) is 3.07. The van der Waals surface area contributed by atoms with Crippen LogP contribution in [-0.2, 0) is 11.2 Å². The number of hydrazine groups is 1. The number of aromatic nitrogens is 2. The van der Waals surface area contributed by atoms with Crippen molar-refractivity contribution in [2.45, 2.75) is 20.3 Å². The molecule has 1 heterocycles. The predicted molar refractivity (Wildman–Crippen MR) is 71.2 cm³/mol. The van der Waals surface area contributed by atoms with Crippen LogP contribution in [0.2, 0.25) is 0 Å². The summed E-state index contributed by atoms with van der Waals surface area (Å²) in [5.41, 5.74) is 3.46. The molecule has 1 amide bonds. The fraction of sp³-hybridized carbons (Fsp3) is 0.545. The van der Waals surface area contributed by atoms with Crippen LogP contribution in [0.5, 0.6) is 0 Å². The predicted octanol–water partition coefficient (Wildman–Crippen LogP) is -0.103. The number of carbonyl (C=O) groups excluding carboxylic acids is 1. The van der Waals surface area contributed by atoms with Crippen LogP contribution in [-0.4, -0.2) is 36.0 Å². The highest BCUT2D eigenvalue weighted by atomic mass is 16.1. The Morgan fingerprint density at radius 2 is 2.17 bits per heavy atom. The molecule has 0 aromatic carbocycles. The highest BCUT2D eigenvalue weighted by Gasteiger charge is 2.16. The number of amides is 1. The maximum atomic E-state index is 11.5. The van der Waals surface area contributed by atoms with Gasteiger partial charge in [0, 0.05) is 19.2 Å². The van der Waals surface area contributed by atoms with Crippen molar-refractivity contribution in [2.24, 2.45) is 5.84 Å². The van der Waals surface area contributed by atoms with Crippen LogP contribution in [0.1, 0.15) is 19.4 Å². The van der Waals surface area contributed by atoms with Crippen molar-refractivity contribution in [2.75, 3.05) is 30.5 Å². The molecule has 7 heteroatoms. The van der Waals surface area contributed by atoms with E-state index in [0.717, 1.165) is 17.8 Å². The number of carbonyl (C=O) groups is 1. The molecule has 0 aliphatic carbocycles. The second-order valence-electron chi connectivity index (χ2n) is 3.71. The molecule has 0 bridgehead atoms. The van der Waals surface area contributed by atoms with E-state index >= 15 is 0 Å². The quantitative estimate of drug-likeness (QED) is 0.483. The number of nitrogens with one attached hydrogen (secondary N) is 2. The number of hydrogen-bond donors (Lipinski definition) is 3. The summed E-state index contributed by atoms with van der Waals surface area (Å²) >= 11 is 0. The Morgan fingerprint density at radius 3 is 2.67 bits per heavy atom. The van der Waals surface area contributed by atoms with Gasteiger partial charge in [0.2, 0.25) is 5.91 Å². The van der Waals surface area contributed by atoms with Crippen molar-refractivity contribution in [3.63, 3.8) is 0 Å². The molecule has 0 radical (unpaired) electrons. The number of anilines is 2. The van der Waals surface area contributed by atoms with Gasteiger partial charge in [-0.25, -0.2) is 15.8 Å².